The first-order valence-corrected chi connectivity index (χ1v) is 9.34. The van der Waals surface area contributed by atoms with Gasteiger partial charge in [0.2, 0.25) is 5.91 Å². The van der Waals surface area contributed by atoms with Crippen molar-refractivity contribution in [2.75, 3.05) is 26.1 Å². The number of rotatable bonds is 5. The highest BCUT2D eigenvalue weighted by Crippen LogP contribution is 2.25. The van der Waals surface area contributed by atoms with Crippen molar-refractivity contribution in [3.8, 4) is 5.75 Å². The summed E-state index contributed by atoms with van der Waals surface area (Å²) in [5.41, 5.74) is 7.26. The van der Waals surface area contributed by atoms with Crippen molar-refractivity contribution in [1.82, 2.24) is 10.9 Å². The molecular formula is C23H25N3O3. The van der Waals surface area contributed by atoms with Crippen molar-refractivity contribution < 1.29 is 14.3 Å². The highest BCUT2D eigenvalue weighted by atomic mass is 16.5. The maximum atomic E-state index is 12.5. The fourth-order valence-corrected chi connectivity index (χ4v) is 3.01. The van der Waals surface area contributed by atoms with Gasteiger partial charge in [-0.25, -0.2) is 0 Å². The summed E-state index contributed by atoms with van der Waals surface area (Å²) in [4.78, 5) is 26.8. The number of carbonyl (C=O) groups is 2. The number of ether oxygens (including phenoxy) is 1. The van der Waals surface area contributed by atoms with Crippen molar-refractivity contribution in [2.24, 2.45) is 0 Å². The number of nitrogens with zero attached hydrogens (tertiary/aromatic N) is 1. The smallest absolute Gasteiger partial charge is 0.269 e. The van der Waals surface area contributed by atoms with Gasteiger partial charge in [0.05, 0.1) is 13.0 Å². The van der Waals surface area contributed by atoms with Crippen LogP contribution in [0.3, 0.4) is 0 Å². The van der Waals surface area contributed by atoms with E-state index in [0.29, 0.717) is 5.56 Å². The minimum absolute atomic E-state index is 0.282. The molecule has 29 heavy (non-hydrogen) atoms. The topological polar surface area (TPSA) is 70.7 Å². The number of hydrazine groups is 1. The standard InChI is InChI=1S/C23H25N3O3/c1-15(16-8-9-18-14-21(29-4)11-10-17(18)12-16)22(27)24-25-23(28)19-6-5-7-20(13-19)26(2)3/h5-15H,1-4H3,(H,24,27)(H,25,28)/t15-/m0/s1. The summed E-state index contributed by atoms with van der Waals surface area (Å²) in [6.07, 6.45) is 0. The van der Waals surface area contributed by atoms with E-state index in [1.54, 1.807) is 32.2 Å². The van der Waals surface area contributed by atoms with Gasteiger partial charge in [-0.3, -0.25) is 20.4 Å². The summed E-state index contributed by atoms with van der Waals surface area (Å²) in [7, 11) is 5.44. The number of hydrogen-bond donors (Lipinski definition) is 2. The summed E-state index contributed by atoms with van der Waals surface area (Å²) in [5.74, 6) is -0.276. The van der Waals surface area contributed by atoms with Crippen LogP contribution in [0.2, 0.25) is 0 Å². The summed E-state index contributed by atoms with van der Waals surface area (Å²) < 4.78 is 5.24. The lowest BCUT2D eigenvalue weighted by molar-refractivity contribution is -0.123. The van der Waals surface area contributed by atoms with Crippen molar-refractivity contribution in [2.45, 2.75) is 12.8 Å². The number of hydrogen-bond acceptors (Lipinski definition) is 4. The van der Waals surface area contributed by atoms with Gasteiger partial charge in [0.25, 0.3) is 5.91 Å². The third-order valence-electron chi connectivity index (χ3n) is 4.89. The molecule has 150 valence electrons. The fraction of sp³-hybridized carbons (Fsp3) is 0.217. The Morgan fingerprint density at radius 2 is 1.66 bits per heavy atom. The first-order valence-electron chi connectivity index (χ1n) is 9.34. The second-order valence-electron chi connectivity index (χ2n) is 7.08. The predicted octanol–water partition coefficient (Wildman–Crippen LogP) is 3.48. The van der Waals surface area contributed by atoms with Crippen molar-refractivity contribution in [1.29, 1.82) is 0 Å². The summed E-state index contributed by atoms with van der Waals surface area (Å²) in [5, 5.41) is 2.06. The number of benzene rings is 3. The summed E-state index contributed by atoms with van der Waals surface area (Å²) in [6.45, 7) is 1.80. The van der Waals surface area contributed by atoms with E-state index in [2.05, 4.69) is 10.9 Å². The number of anilines is 1. The van der Waals surface area contributed by atoms with E-state index in [1.165, 1.54) is 0 Å². The molecular weight excluding hydrogens is 366 g/mol. The van der Waals surface area contributed by atoms with Crippen LogP contribution in [0.1, 0.15) is 28.8 Å². The van der Waals surface area contributed by atoms with Crippen LogP contribution >= 0.6 is 0 Å². The van der Waals surface area contributed by atoms with Crippen LogP contribution in [0.4, 0.5) is 5.69 Å². The van der Waals surface area contributed by atoms with Gasteiger partial charge in [0, 0.05) is 25.3 Å². The van der Waals surface area contributed by atoms with E-state index in [0.717, 1.165) is 27.8 Å². The van der Waals surface area contributed by atoms with Crippen LogP contribution in [0.5, 0.6) is 5.75 Å². The Labute approximate surface area is 170 Å². The summed E-state index contributed by atoms with van der Waals surface area (Å²) in [6, 6.07) is 18.8. The molecule has 0 unspecified atom stereocenters. The van der Waals surface area contributed by atoms with Crippen LogP contribution in [-0.4, -0.2) is 33.0 Å². The predicted molar refractivity (Wildman–Crippen MR) is 115 cm³/mol. The van der Waals surface area contributed by atoms with Crippen LogP contribution in [0.15, 0.2) is 60.7 Å². The Hall–Kier alpha value is -3.54. The van der Waals surface area contributed by atoms with Gasteiger partial charge < -0.3 is 9.64 Å². The minimum Gasteiger partial charge on any atom is -0.497 e. The van der Waals surface area contributed by atoms with Gasteiger partial charge in [-0.05, 0) is 53.6 Å². The SMILES string of the molecule is COc1ccc2cc([C@H](C)C(=O)NNC(=O)c3cccc(N(C)C)c3)ccc2c1. The van der Waals surface area contributed by atoms with Crippen molar-refractivity contribution in [3.63, 3.8) is 0 Å². The molecule has 0 radical (unpaired) electrons. The van der Waals surface area contributed by atoms with Crippen LogP contribution in [0.25, 0.3) is 10.8 Å². The Morgan fingerprint density at radius 3 is 2.38 bits per heavy atom. The zero-order valence-corrected chi connectivity index (χ0v) is 17.0. The Bertz CT molecular complexity index is 1050. The minimum atomic E-state index is -0.421. The van der Waals surface area contributed by atoms with E-state index in [-0.39, 0.29) is 11.8 Å². The molecule has 0 heterocycles. The van der Waals surface area contributed by atoms with Gasteiger partial charge in [-0.2, -0.15) is 0 Å². The lowest BCUT2D eigenvalue weighted by atomic mass is 9.97. The maximum Gasteiger partial charge on any atom is 0.269 e. The molecule has 6 nitrogen and oxygen atoms in total. The van der Waals surface area contributed by atoms with Crippen molar-refractivity contribution in [3.05, 3.63) is 71.8 Å². The summed E-state index contributed by atoms with van der Waals surface area (Å²) >= 11 is 0. The molecule has 0 fully saturated rings. The van der Waals surface area contributed by atoms with Gasteiger partial charge in [0.15, 0.2) is 0 Å². The van der Waals surface area contributed by atoms with Gasteiger partial charge in [0.1, 0.15) is 5.75 Å². The second kappa shape index (κ2) is 8.65. The van der Waals surface area contributed by atoms with E-state index >= 15 is 0 Å². The Kier molecular flexibility index (Phi) is 6.02. The molecule has 0 aliphatic rings. The fourth-order valence-electron chi connectivity index (χ4n) is 3.01. The molecule has 2 N–H and O–H groups in total. The van der Waals surface area contributed by atoms with E-state index < -0.39 is 5.92 Å². The zero-order chi connectivity index (χ0) is 21.0. The maximum absolute atomic E-state index is 12.5. The Morgan fingerprint density at radius 1 is 0.931 bits per heavy atom. The van der Waals surface area contributed by atoms with Gasteiger partial charge >= 0.3 is 0 Å². The number of fused-ring (bicyclic) bond motifs is 1. The molecule has 3 aromatic carbocycles. The Balaban J connectivity index is 1.66. The van der Waals surface area contributed by atoms with Crippen LogP contribution < -0.4 is 20.5 Å². The molecule has 0 aromatic heterocycles. The molecule has 0 aliphatic carbocycles. The number of carbonyl (C=O) groups excluding carboxylic acids is 2. The number of nitrogens with one attached hydrogen (secondary N) is 2. The normalized spacial score (nSPS) is 11.6. The van der Waals surface area contributed by atoms with E-state index in [4.69, 9.17) is 4.74 Å². The highest BCUT2D eigenvalue weighted by molar-refractivity contribution is 5.97. The first kappa shape index (κ1) is 20.2. The second-order valence-corrected chi connectivity index (χ2v) is 7.08. The number of methoxy groups -OCH3 is 1. The highest BCUT2D eigenvalue weighted by Gasteiger charge is 2.17. The molecule has 3 rings (SSSR count). The number of amides is 2. The third kappa shape index (κ3) is 4.66. The first-order chi connectivity index (χ1) is 13.9. The van der Waals surface area contributed by atoms with Crippen LogP contribution in [-0.2, 0) is 4.79 Å². The van der Waals surface area contributed by atoms with Crippen molar-refractivity contribution >= 4 is 28.3 Å². The lowest BCUT2D eigenvalue weighted by Crippen LogP contribution is -2.43. The van der Waals surface area contributed by atoms with E-state index in [9.17, 15) is 9.59 Å². The average Bonchev–Trinajstić information content (AvgIpc) is 2.75. The third-order valence-corrected chi connectivity index (χ3v) is 4.89. The molecule has 6 heteroatoms. The largest absolute Gasteiger partial charge is 0.497 e. The van der Waals surface area contributed by atoms with Gasteiger partial charge in [-0.1, -0.05) is 30.3 Å². The molecule has 0 saturated carbocycles. The van der Waals surface area contributed by atoms with Gasteiger partial charge in [-0.15, -0.1) is 0 Å². The molecule has 0 spiro atoms. The van der Waals surface area contributed by atoms with E-state index in [1.807, 2.05) is 61.5 Å². The molecule has 3 aromatic rings. The molecule has 0 saturated heterocycles. The molecule has 1 atom stereocenters. The lowest BCUT2D eigenvalue weighted by Gasteiger charge is -2.15. The molecule has 0 aliphatic heterocycles. The molecule has 2 amide bonds. The zero-order valence-electron chi connectivity index (χ0n) is 17.0. The average molecular weight is 391 g/mol. The van der Waals surface area contributed by atoms with Crippen LogP contribution in [0, 0.1) is 0 Å². The monoisotopic (exact) mass is 391 g/mol. The quantitative estimate of drug-likeness (QED) is 0.654. The molecule has 0 bridgehead atoms.